The zero-order chi connectivity index (χ0) is 13.5. The Morgan fingerprint density at radius 3 is 2.78 bits per heavy atom. The van der Waals surface area contributed by atoms with Crippen molar-refractivity contribution < 1.29 is 14.0 Å². The molecule has 0 aliphatic carbocycles. The number of hydrogen-bond donors (Lipinski definition) is 3. The molecule has 0 atom stereocenters. The van der Waals surface area contributed by atoms with Crippen LogP contribution in [-0.2, 0) is 11.2 Å². The SMILES string of the molecule is CCc1ncnc(NCCC(=O)NC(N)=O)c1F. The molecule has 18 heavy (non-hydrogen) atoms. The quantitative estimate of drug-likeness (QED) is 0.695. The summed E-state index contributed by atoms with van der Waals surface area (Å²) in [7, 11) is 0. The smallest absolute Gasteiger partial charge is 0.318 e. The first kappa shape index (κ1) is 13.8. The van der Waals surface area contributed by atoms with Crippen LogP contribution in [0.15, 0.2) is 6.33 Å². The first-order valence-corrected chi connectivity index (χ1v) is 5.37. The number of carbonyl (C=O) groups excluding carboxylic acids is 2. The summed E-state index contributed by atoms with van der Waals surface area (Å²) in [6.07, 6.45) is 1.67. The van der Waals surface area contributed by atoms with Crippen LogP contribution >= 0.6 is 0 Å². The van der Waals surface area contributed by atoms with Gasteiger partial charge in [-0.2, -0.15) is 0 Å². The van der Waals surface area contributed by atoms with Crippen molar-refractivity contribution in [3.05, 3.63) is 17.8 Å². The van der Waals surface area contributed by atoms with Crippen molar-refractivity contribution in [3.63, 3.8) is 0 Å². The Balaban J connectivity index is 2.49. The molecule has 8 heteroatoms. The van der Waals surface area contributed by atoms with E-state index in [9.17, 15) is 14.0 Å². The second-order valence-corrected chi connectivity index (χ2v) is 3.43. The van der Waals surface area contributed by atoms with Gasteiger partial charge in [0.05, 0.1) is 5.69 Å². The van der Waals surface area contributed by atoms with Crippen molar-refractivity contribution >= 4 is 17.8 Å². The molecule has 3 amide bonds. The molecule has 1 rings (SSSR count). The molecule has 0 saturated carbocycles. The van der Waals surface area contributed by atoms with Crippen LogP contribution in [0.25, 0.3) is 0 Å². The summed E-state index contributed by atoms with van der Waals surface area (Å²) in [4.78, 5) is 28.9. The van der Waals surface area contributed by atoms with Gasteiger partial charge in [-0.25, -0.2) is 19.2 Å². The maximum atomic E-state index is 13.6. The minimum atomic E-state index is -0.915. The summed E-state index contributed by atoms with van der Waals surface area (Å²) in [5, 5.41) is 4.55. The Kier molecular flexibility index (Phi) is 4.97. The van der Waals surface area contributed by atoms with Gasteiger partial charge < -0.3 is 11.1 Å². The molecule has 1 heterocycles. The number of carbonyl (C=O) groups is 2. The first-order valence-electron chi connectivity index (χ1n) is 5.37. The van der Waals surface area contributed by atoms with Crippen LogP contribution in [0.1, 0.15) is 19.0 Å². The molecular weight excluding hydrogens is 241 g/mol. The van der Waals surface area contributed by atoms with E-state index in [1.807, 2.05) is 5.32 Å². The minimum absolute atomic E-state index is 0.0200. The van der Waals surface area contributed by atoms with E-state index in [1.165, 1.54) is 6.33 Å². The van der Waals surface area contributed by atoms with Crippen molar-refractivity contribution in [1.82, 2.24) is 15.3 Å². The highest BCUT2D eigenvalue weighted by Gasteiger charge is 2.10. The van der Waals surface area contributed by atoms with E-state index in [4.69, 9.17) is 5.73 Å². The number of nitrogens with one attached hydrogen (secondary N) is 2. The number of primary amides is 1. The van der Waals surface area contributed by atoms with Crippen LogP contribution in [0.2, 0.25) is 0 Å². The van der Waals surface area contributed by atoms with E-state index < -0.39 is 17.8 Å². The van der Waals surface area contributed by atoms with Gasteiger partial charge in [-0.1, -0.05) is 6.92 Å². The first-order chi connectivity index (χ1) is 8.54. The van der Waals surface area contributed by atoms with Crippen LogP contribution < -0.4 is 16.4 Å². The zero-order valence-electron chi connectivity index (χ0n) is 9.86. The molecule has 0 bridgehead atoms. The molecule has 7 nitrogen and oxygen atoms in total. The highest BCUT2D eigenvalue weighted by atomic mass is 19.1. The number of anilines is 1. The minimum Gasteiger partial charge on any atom is -0.367 e. The summed E-state index contributed by atoms with van der Waals surface area (Å²) >= 11 is 0. The summed E-state index contributed by atoms with van der Waals surface area (Å²) in [6, 6.07) is -0.915. The van der Waals surface area contributed by atoms with Gasteiger partial charge in [0.2, 0.25) is 5.91 Å². The lowest BCUT2D eigenvalue weighted by molar-refractivity contribution is -0.119. The van der Waals surface area contributed by atoms with Gasteiger partial charge in [0.1, 0.15) is 6.33 Å². The third-order valence-corrected chi connectivity index (χ3v) is 2.10. The third kappa shape index (κ3) is 3.96. The van der Waals surface area contributed by atoms with Crippen molar-refractivity contribution in [3.8, 4) is 0 Å². The molecular formula is C10H14FN5O2. The fraction of sp³-hybridized carbons (Fsp3) is 0.400. The number of halogens is 1. The summed E-state index contributed by atoms with van der Waals surface area (Å²) in [5.74, 6) is -1.04. The van der Waals surface area contributed by atoms with E-state index in [0.29, 0.717) is 12.1 Å². The maximum Gasteiger partial charge on any atom is 0.318 e. The fourth-order valence-corrected chi connectivity index (χ4v) is 1.27. The lowest BCUT2D eigenvalue weighted by atomic mass is 10.3. The predicted molar refractivity (Wildman–Crippen MR) is 62.2 cm³/mol. The van der Waals surface area contributed by atoms with E-state index in [1.54, 1.807) is 6.92 Å². The number of nitrogens with zero attached hydrogens (tertiary/aromatic N) is 2. The van der Waals surface area contributed by atoms with E-state index in [0.717, 1.165) is 0 Å². The number of aromatic nitrogens is 2. The number of urea groups is 1. The number of amides is 3. The summed E-state index contributed by atoms with van der Waals surface area (Å²) in [5.41, 5.74) is 5.07. The number of imide groups is 1. The van der Waals surface area contributed by atoms with Crippen molar-refractivity contribution in [2.75, 3.05) is 11.9 Å². The number of nitrogens with two attached hydrogens (primary N) is 1. The standard InChI is InChI=1S/C10H14FN5O2/c1-2-6-8(11)9(15-5-14-6)13-4-3-7(17)16-10(12)18/h5H,2-4H2,1H3,(H,13,14,15)(H3,12,16,17,18). The van der Waals surface area contributed by atoms with Crippen LogP contribution in [-0.4, -0.2) is 28.5 Å². The van der Waals surface area contributed by atoms with Crippen molar-refractivity contribution in [2.24, 2.45) is 5.73 Å². The number of hydrogen-bond acceptors (Lipinski definition) is 5. The molecule has 0 aromatic carbocycles. The predicted octanol–water partition coefficient (Wildman–Crippen LogP) is 0.175. The van der Waals surface area contributed by atoms with Gasteiger partial charge >= 0.3 is 6.03 Å². The highest BCUT2D eigenvalue weighted by Crippen LogP contribution is 2.12. The van der Waals surface area contributed by atoms with Crippen LogP contribution in [0.3, 0.4) is 0 Å². The topological polar surface area (TPSA) is 110 Å². The molecule has 1 aromatic rings. The van der Waals surface area contributed by atoms with Crippen LogP contribution in [0.4, 0.5) is 15.0 Å². The number of aryl methyl sites for hydroxylation is 1. The normalized spacial score (nSPS) is 9.89. The summed E-state index contributed by atoms with van der Waals surface area (Å²) < 4.78 is 13.6. The zero-order valence-corrected chi connectivity index (χ0v) is 9.86. The molecule has 98 valence electrons. The molecule has 0 aliphatic heterocycles. The molecule has 0 spiro atoms. The average molecular weight is 255 g/mol. The lowest BCUT2D eigenvalue weighted by Gasteiger charge is -2.07. The Labute approximate surface area is 103 Å². The monoisotopic (exact) mass is 255 g/mol. The Hall–Kier alpha value is -2.25. The second-order valence-electron chi connectivity index (χ2n) is 3.43. The average Bonchev–Trinajstić information content (AvgIpc) is 2.30. The molecule has 4 N–H and O–H groups in total. The van der Waals surface area contributed by atoms with E-state index in [-0.39, 0.29) is 18.8 Å². The molecule has 0 saturated heterocycles. The molecule has 0 fully saturated rings. The second kappa shape index (κ2) is 6.48. The van der Waals surface area contributed by atoms with Crippen molar-refractivity contribution in [1.29, 1.82) is 0 Å². The van der Waals surface area contributed by atoms with Crippen LogP contribution in [0, 0.1) is 5.82 Å². The van der Waals surface area contributed by atoms with Crippen molar-refractivity contribution in [2.45, 2.75) is 19.8 Å². The van der Waals surface area contributed by atoms with E-state index >= 15 is 0 Å². The van der Waals surface area contributed by atoms with Gasteiger partial charge in [0.15, 0.2) is 11.6 Å². The fourth-order valence-electron chi connectivity index (χ4n) is 1.27. The highest BCUT2D eigenvalue weighted by molar-refractivity contribution is 5.93. The molecule has 0 radical (unpaired) electrons. The number of rotatable bonds is 5. The lowest BCUT2D eigenvalue weighted by Crippen LogP contribution is -2.35. The van der Waals surface area contributed by atoms with Gasteiger partial charge in [0, 0.05) is 13.0 Å². The van der Waals surface area contributed by atoms with Gasteiger partial charge in [-0.05, 0) is 6.42 Å². The third-order valence-electron chi connectivity index (χ3n) is 2.10. The van der Waals surface area contributed by atoms with Gasteiger partial charge in [-0.3, -0.25) is 10.1 Å². The molecule has 1 aromatic heterocycles. The van der Waals surface area contributed by atoms with Crippen LogP contribution in [0.5, 0.6) is 0 Å². The summed E-state index contributed by atoms with van der Waals surface area (Å²) in [6.45, 7) is 1.91. The Morgan fingerprint density at radius 1 is 1.44 bits per heavy atom. The Morgan fingerprint density at radius 2 is 2.17 bits per heavy atom. The molecule has 0 aliphatic rings. The van der Waals surface area contributed by atoms with E-state index in [2.05, 4.69) is 15.3 Å². The largest absolute Gasteiger partial charge is 0.367 e. The maximum absolute atomic E-state index is 13.6. The van der Waals surface area contributed by atoms with Gasteiger partial charge in [-0.15, -0.1) is 0 Å². The Bertz CT molecular complexity index is 452. The molecule has 0 unspecified atom stereocenters. The van der Waals surface area contributed by atoms with Gasteiger partial charge in [0.25, 0.3) is 0 Å².